The highest BCUT2D eigenvalue weighted by Crippen LogP contribution is 2.41. The molecule has 2 aromatic heterocycles. The number of nitrogens with one attached hydrogen (secondary N) is 1. The van der Waals surface area contributed by atoms with Gasteiger partial charge >= 0.3 is 0 Å². The molecule has 0 unspecified atom stereocenters. The number of thiophene rings is 1. The Morgan fingerprint density at radius 2 is 2.06 bits per heavy atom. The number of ether oxygens (including phenoxy) is 1. The minimum atomic E-state index is -0.309. The highest BCUT2D eigenvalue weighted by atomic mass is 35.5. The Labute approximate surface area is 189 Å². The lowest BCUT2D eigenvalue weighted by Gasteiger charge is -2.29. The molecule has 2 aliphatic rings. The summed E-state index contributed by atoms with van der Waals surface area (Å²) in [5.41, 5.74) is 4.50. The smallest absolute Gasteiger partial charge is 0.253 e. The average molecular weight is 456 g/mol. The summed E-state index contributed by atoms with van der Waals surface area (Å²) in [5, 5.41) is 15.7. The molecule has 0 saturated carbocycles. The summed E-state index contributed by atoms with van der Waals surface area (Å²) in [4.78, 5) is 19.9. The van der Waals surface area contributed by atoms with Crippen molar-refractivity contribution < 1.29 is 14.6 Å². The zero-order valence-corrected chi connectivity index (χ0v) is 18.4. The van der Waals surface area contributed by atoms with Crippen LogP contribution >= 0.6 is 22.9 Å². The highest BCUT2D eigenvalue weighted by molar-refractivity contribution is 7.14. The number of aromatic nitrogens is 1. The van der Waals surface area contributed by atoms with Gasteiger partial charge in [0.1, 0.15) is 12.3 Å². The molecule has 4 heterocycles. The molecule has 0 radical (unpaired) electrons. The molecular weight excluding hydrogens is 434 g/mol. The van der Waals surface area contributed by atoms with Crippen molar-refractivity contribution in [2.75, 3.05) is 31.6 Å². The van der Waals surface area contributed by atoms with Crippen LogP contribution in [0.1, 0.15) is 23.2 Å². The first-order valence-corrected chi connectivity index (χ1v) is 11.6. The fourth-order valence-corrected chi connectivity index (χ4v) is 5.29. The number of rotatable bonds is 3. The number of likely N-dealkylation sites (tertiary alicyclic amines) is 1. The van der Waals surface area contributed by atoms with Gasteiger partial charge in [0.05, 0.1) is 11.1 Å². The van der Waals surface area contributed by atoms with Gasteiger partial charge in [-0.3, -0.25) is 4.79 Å². The van der Waals surface area contributed by atoms with E-state index in [4.69, 9.17) is 16.3 Å². The largest absolute Gasteiger partial charge is 0.474 e. The van der Waals surface area contributed by atoms with Crippen LogP contribution in [0.4, 0.5) is 5.69 Å². The van der Waals surface area contributed by atoms with Gasteiger partial charge in [-0.25, -0.2) is 4.98 Å². The number of carbonyl (C=O) groups is 1. The van der Waals surface area contributed by atoms with Crippen LogP contribution in [0, 0.1) is 0 Å². The zero-order valence-electron chi connectivity index (χ0n) is 16.8. The number of amides is 1. The van der Waals surface area contributed by atoms with Gasteiger partial charge in [0.15, 0.2) is 0 Å². The van der Waals surface area contributed by atoms with E-state index in [1.54, 1.807) is 28.5 Å². The van der Waals surface area contributed by atoms with Crippen molar-refractivity contribution in [3.05, 3.63) is 52.5 Å². The number of halogens is 1. The zero-order chi connectivity index (χ0) is 21.4. The van der Waals surface area contributed by atoms with Gasteiger partial charge in [-0.2, -0.15) is 0 Å². The predicted octanol–water partition coefficient (Wildman–Crippen LogP) is 4.53. The van der Waals surface area contributed by atoms with Crippen molar-refractivity contribution in [1.29, 1.82) is 0 Å². The summed E-state index contributed by atoms with van der Waals surface area (Å²) in [6, 6.07) is 9.56. The fraction of sp³-hybridized carbons (Fsp3) is 0.304. The summed E-state index contributed by atoms with van der Waals surface area (Å²) >= 11 is 8.20. The number of hydrogen-bond acceptors (Lipinski definition) is 6. The Bertz CT molecular complexity index is 1130. The van der Waals surface area contributed by atoms with E-state index in [1.807, 2.05) is 18.2 Å². The van der Waals surface area contributed by atoms with Gasteiger partial charge in [0.2, 0.25) is 5.88 Å². The van der Waals surface area contributed by atoms with Crippen LogP contribution in [0.5, 0.6) is 5.88 Å². The number of pyridine rings is 1. The number of hydrogen-bond donors (Lipinski definition) is 2. The number of carbonyl (C=O) groups excluding carboxylic acids is 1. The third-order valence-electron chi connectivity index (χ3n) is 5.70. The second-order valence-electron chi connectivity index (χ2n) is 7.73. The summed E-state index contributed by atoms with van der Waals surface area (Å²) in [5.74, 6) is 0.587. The van der Waals surface area contributed by atoms with Crippen molar-refractivity contribution in [2.24, 2.45) is 0 Å². The first kappa shape index (κ1) is 20.3. The molecular formula is C23H22ClN3O3S. The maximum Gasteiger partial charge on any atom is 0.253 e. The van der Waals surface area contributed by atoms with Crippen LogP contribution in [0.3, 0.4) is 0 Å². The standard InChI is InChI=1S/C23H22ClN3O3S/c24-19-11-14(23(29)27-8-4-16(28)5-9-27)1-2-18(19)20-12-15(13-31-20)17-3-6-26-22-21(17)25-7-10-30-22/h1-3,6,11-13,16,25,28H,4-5,7-10H2. The van der Waals surface area contributed by atoms with Crippen LogP contribution in [0.25, 0.3) is 21.6 Å². The van der Waals surface area contributed by atoms with Crippen LogP contribution in [-0.4, -0.2) is 53.2 Å². The number of piperidine rings is 1. The van der Waals surface area contributed by atoms with Crippen molar-refractivity contribution in [2.45, 2.75) is 18.9 Å². The van der Waals surface area contributed by atoms with E-state index < -0.39 is 0 Å². The van der Waals surface area contributed by atoms with Crippen LogP contribution in [-0.2, 0) is 0 Å². The van der Waals surface area contributed by atoms with E-state index in [0.717, 1.165) is 33.8 Å². The molecule has 5 rings (SSSR count). The number of anilines is 1. The molecule has 1 saturated heterocycles. The Kier molecular flexibility index (Phi) is 5.56. The van der Waals surface area contributed by atoms with Crippen LogP contribution in [0.2, 0.25) is 5.02 Å². The number of aliphatic hydroxyl groups is 1. The maximum atomic E-state index is 12.8. The van der Waals surface area contributed by atoms with Gasteiger partial charge in [0, 0.05) is 47.4 Å². The predicted molar refractivity (Wildman–Crippen MR) is 123 cm³/mol. The summed E-state index contributed by atoms with van der Waals surface area (Å²) in [7, 11) is 0. The Morgan fingerprint density at radius 1 is 1.23 bits per heavy atom. The van der Waals surface area contributed by atoms with E-state index in [1.165, 1.54) is 0 Å². The topological polar surface area (TPSA) is 74.7 Å². The Morgan fingerprint density at radius 3 is 2.87 bits per heavy atom. The van der Waals surface area contributed by atoms with E-state index in [-0.39, 0.29) is 12.0 Å². The first-order chi connectivity index (χ1) is 15.1. The second kappa shape index (κ2) is 8.49. The van der Waals surface area contributed by atoms with Crippen LogP contribution in [0.15, 0.2) is 41.9 Å². The molecule has 1 fully saturated rings. The van der Waals surface area contributed by atoms with Gasteiger partial charge in [0.25, 0.3) is 5.91 Å². The van der Waals surface area contributed by atoms with E-state index in [2.05, 4.69) is 21.7 Å². The first-order valence-electron chi connectivity index (χ1n) is 10.3. The molecule has 31 heavy (non-hydrogen) atoms. The molecule has 1 amide bonds. The number of benzene rings is 1. The molecule has 2 N–H and O–H groups in total. The number of fused-ring (bicyclic) bond motifs is 1. The van der Waals surface area contributed by atoms with E-state index >= 15 is 0 Å². The fourth-order valence-electron chi connectivity index (χ4n) is 4.01. The van der Waals surface area contributed by atoms with Gasteiger partial charge < -0.3 is 20.1 Å². The molecule has 160 valence electrons. The second-order valence-corrected chi connectivity index (χ2v) is 9.05. The van der Waals surface area contributed by atoms with Crippen molar-refractivity contribution in [3.63, 3.8) is 0 Å². The van der Waals surface area contributed by atoms with Crippen molar-refractivity contribution in [3.8, 4) is 27.4 Å². The van der Waals surface area contributed by atoms with Gasteiger partial charge in [-0.1, -0.05) is 17.7 Å². The third-order valence-corrected chi connectivity index (χ3v) is 6.98. The maximum absolute atomic E-state index is 12.8. The number of aliphatic hydroxyl groups excluding tert-OH is 1. The monoisotopic (exact) mass is 455 g/mol. The molecule has 0 atom stereocenters. The van der Waals surface area contributed by atoms with Gasteiger partial charge in [-0.05, 0) is 48.1 Å². The molecule has 1 aromatic carbocycles. The molecule has 8 heteroatoms. The lowest BCUT2D eigenvalue weighted by atomic mass is 10.0. The quantitative estimate of drug-likeness (QED) is 0.606. The molecule has 0 aliphatic carbocycles. The SMILES string of the molecule is O=C(c1ccc(-c2cc(-c3ccnc4c3NCCO4)cs2)c(Cl)c1)N1CCC(O)CC1. The molecule has 6 nitrogen and oxygen atoms in total. The number of nitrogens with zero attached hydrogens (tertiary/aromatic N) is 2. The minimum absolute atomic E-state index is 0.0401. The summed E-state index contributed by atoms with van der Waals surface area (Å²) < 4.78 is 5.65. The van der Waals surface area contributed by atoms with Crippen molar-refractivity contribution in [1.82, 2.24) is 9.88 Å². The highest BCUT2D eigenvalue weighted by Gasteiger charge is 2.23. The van der Waals surface area contributed by atoms with E-state index in [9.17, 15) is 9.90 Å². The third kappa shape index (κ3) is 4.01. The minimum Gasteiger partial charge on any atom is -0.474 e. The van der Waals surface area contributed by atoms with Crippen LogP contribution < -0.4 is 10.1 Å². The summed E-state index contributed by atoms with van der Waals surface area (Å²) in [6.07, 6.45) is 2.68. The van der Waals surface area contributed by atoms with E-state index in [0.29, 0.717) is 49.0 Å². The molecule has 0 spiro atoms. The molecule has 0 bridgehead atoms. The van der Waals surface area contributed by atoms with Crippen molar-refractivity contribution >= 4 is 34.5 Å². The average Bonchev–Trinajstić information content (AvgIpc) is 3.28. The lowest BCUT2D eigenvalue weighted by molar-refractivity contribution is 0.0546. The normalized spacial score (nSPS) is 16.4. The van der Waals surface area contributed by atoms with Gasteiger partial charge in [-0.15, -0.1) is 11.3 Å². The summed E-state index contributed by atoms with van der Waals surface area (Å²) in [6.45, 7) is 2.50. The Hall–Kier alpha value is -2.61. The Balaban J connectivity index is 1.40. The lowest BCUT2D eigenvalue weighted by Crippen LogP contribution is -2.40. The molecule has 3 aromatic rings. The molecule has 2 aliphatic heterocycles.